The highest BCUT2D eigenvalue weighted by molar-refractivity contribution is 5.75. The second-order valence-electron chi connectivity index (χ2n) is 5.13. The van der Waals surface area contributed by atoms with Gasteiger partial charge in [-0.25, -0.2) is 0 Å². The van der Waals surface area contributed by atoms with Gasteiger partial charge >= 0.3 is 5.97 Å². The molecule has 0 aliphatic heterocycles. The van der Waals surface area contributed by atoms with E-state index < -0.39 is 0 Å². The van der Waals surface area contributed by atoms with Crippen LogP contribution in [0.2, 0.25) is 0 Å². The molecule has 0 aliphatic rings. The van der Waals surface area contributed by atoms with E-state index in [0.29, 0.717) is 12.2 Å². The van der Waals surface area contributed by atoms with E-state index in [4.69, 9.17) is 4.74 Å². The Morgan fingerprint density at radius 2 is 1.70 bits per heavy atom. The largest absolute Gasteiger partial charge is 0.427 e. The lowest BCUT2D eigenvalue weighted by Crippen LogP contribution is -2.05. The summed E-state index contributed by atoms with van der Waals surface area (Å²) in [4.78, 5) is 11.4. The zero-order valence-corrected chi connectivity index (χ0v) is 12.5. The molecule has 0 spiro atoms. The van der Waals surface area contributed by atoms with Gasteiger partial charge in [0.25, 0.3) is 0 Å². The van der Waals surface area contributed by atoms with Crippen molar-refractivity contribution in [2.75, 3.05) is 0 Å². The smallest absolute Gasteiger partial charge is 0.310 e. The molecule has 0 saturated carbocycles. The molecular weight excluding hydrogens is 248 g/mol. The van der Waals surface area contributed by atoms with Crippen LogP contribution in [0.15, 0.2) is 36.4 Å². The Labute approximate surface area is 120 Å². The molecule has 2 rings (SSSR count). The van der Waals surface area contributed by atoms with Crippen molar-refractivity contribution >= 4 is 5.97 Å². The average Bonchev–Trinajstić information content (AvgIpc) is 2.37. The first-order valence-electron chi connectivity index (χ1n) is 6.90. The maximum Gasteiger partial charge on any atom is 0.310 e. The molecule has 2 aromatic carbocycles. The van der Waals surface area contributed by atoms with Crippen LogP contribution in [0.3, 0.4) is 0 Å². The molecule has 0 radical (unpaired) electrons. The van der Waals surface area contributed by atoms with Crippen LogP contribution in [0, 0.1) is 20.8 Å². The van der Waals surface area contributed by atoms with Gasteiger partial charge in [-0.05, 0) is 55.2 Å². The molecule has 104 valence electrons. The Bertz CT molecular complexity index is 619. The lowest BCUT2D eigenvalue weighted by Gasteiger charge is -2.12. The van der Waals surface area contributed by atoms with Crippen molar-refractivity contribution in [3.8, 4) is 16.9 Å². The highest BCUT2D eigenvalue weighted by Gasteiger charge is 2.09. The maximum absolute atomic E-state index is 11.4. The molecule has 2 nitrogen and oxygen atoms in total. The molecule has 0 amide bonds. The predicted molar refractivity (Wildman–Crippen MR) is 82.0 cm³/mol. The molecule has 0 heterocycles. The first-order valence-corrected chi connectivity index (χ1v) is 6.90. The number of benzene rings is 2. The third-order valence-corrected chi connectivity index (χ3v) is 3.32. The molecule has 0 unspecified atom stereocenters. The third-order valence-electron chi connectivity index (χ3n) is 3.32. The predicted octanol–water partition coefficient (Wildman–Crippen LogP) is 4.59. The Morgan fingerprint density at radius 3 is 2.30 bits per heavy atom. The zero-order chi connectivity index (χ0) is 14.7. The van der Waals surface area contributed by atoms with E-state index in [1.54, 1.807) is 6.92 Å². The summed E-state index contributed by atoms with van der Waals surface area (Å²) < 4.78 is 5.29. The minimum atomic E-state index is -0.209. The van der Waals surface area contributed by atoms with Crippen molar-refractivity contribution in [2.24, 2.45) is 0 Å². The summed E-state index contributed by atoms with van der Waals surface area (Å²) >= 11 is 0. The Balaban J connectivity index is 2.44. The summed E-state index contributed by atoms with van der Waals surface area (Å²) in [5.41, 5.74) is 6.03. The summed E-state index contributed by atoms with van der Waals surface area (Å²) in [6, 6.07) is 12.1. The summed E-state index contributed by atoms with van der Waals surface area (Å²) in [5, 5.41) is 0. The monoisotopic (exact) mass is 268 g/mol. The molecule has 0 saturated heterocycles. The number of rotatable bonds is 3. The van der Waals surface area contributed by atoms with Crippen molar-refractivity contribution in [1.29, 1.82) is 0 Å². The molecular formula is C18H20O2. The van der Waals surface area contributed by atoms with E-state index in [0.717, 1.165) is 5.56 Å². The maximum atomic E-state index is 11.4. The first-order chi connectivity index (χ1) is 9.51. The molecule has 0 aromatic heterocycles. The van der Waals surface area contributed by atoms with E-state index in [2.05, 4.69) is 32.9 Å². The second kappa shape index (κ2) is 5.91. The number of carbonyl (C=O) groups excluding carboxylic acids is 1. The van der Waals surface area contributed by atoms with Crippen LogP contribution >= 0.6 is 0 Å². The third kappa shape index (κ3) is 3.08. The van der Waals surface area contributed by atoms with Crippen molar-refractivity contribution in [3.63, 3.8) is 0 Å². The van der Waals surface area contributed by atoms with Gasteiger partial charge in [-0.2, -0.15) is 0 Å². The van der Waals surface area contributed by atoms with Crippen LogP contribution in [0.5, 0.6) is 5.75 Å². The Kier molecular flexibility index (Phi) is 4.23. The molecule has 0 bridgehead atoms. The number of ether oxygens (including phenoxy) is 1. The van der Waals surface area contributed by atoms with Crippen molar-refractivity contribution in [3.05, 3.63) is 53.1 Å². The van der Waals surface area contributed by atoms with Crippen molar-refractivity contribution < 1.29 is 9.53 Å². The number of esters is 1. The van der Waals surface area contributed by atoms with Gasteiger partial charge in [0.2, 0.25) is 0 Å². The SMILES string of the molecule is CCC(=O)Oc1cccc(-c2c(C)cc(C)cc2C)c1. The summed E-state index contributed by atoms with van der Waals surface area (Å²) in [5.74, 6) is 0.397. The van der Waals surface area contributed by atoms with E-state index in [1.807, 2.05) is 24.3 Å². The highest BCUT2D eigenvalue weighted by Crippen LogP contribution is 2.30. The van der Waals surface area contributed by atoms with E-state index in [1.165, 1.54) is 22.3 Å². The lowest BCUT2D eigenvalue weighted by atomic mass is 9.94. The van der Waals surface area contributed by atoms with Gasteiger partial charge in [0, 0.05) is 6.42 Å². The Morgan fingerprint density at radius 1 is 1.05 bits per heavy atom. The normalized spacial score (nSPS) is 10.4. The molecule has 0 atom stereocenters. The van der Waals surface area contributed by atoms with Gasteiger partial charge in [0.15, 0.2) is 0 Å². The minimum absolute atomic E-state index is 0.209. The van der Waals surface area contributed by atoms with Gasteiger partial charge in [0.05, 0.1) is 0 Å². The van der Waals surface area contributed by atoms with Crippen LogP contribution in [-0.2, 0) is 4.79 Å². The van der Waals surface area contributed by atoms with Crippen LogP contribution in [-0.4, -0.2) is 5.97 Å². The first kappa shape index (κ1) is 14.3. The molecule has 0 fully saturated rings. The quantitative estimate of drug-likeness (QED) is 0.601. The molecule has 0 N–H and O–H groups in total. The minimum Gasteiger partial charge on any atom is -0.427 e. The fourth-order valence-corrected chi connectivity index (χ4v) is 2.55. The fraction of sp³-hybridized carbons (Fsp3) is 0.278. The van der Waals surface area contributed by atoms with Gasteiger partial charge in [-0.1, -0.05) is 36.8 Å². The zero-order valence-electron chi connectivity index (χ0n) is 12.5. The van der Waals surface area contributed by atoms with Crippen LogP contribution in [0.1, 0.15) is 30.0 Å². The summed E-state index contributed by atoms with van der Waals surface area (Å²) in [7, 11) is 0. The van der Waals surface area contributed by atoms with Gasteiger partial charge in [-0.15, -0.1) is 0 Å². The van der Waals surface area contributed by atoms with Gasteiger partial charge < -0.3 is 4.74 Å². The number of hydrogen-bond donors (Lipinski definition) is 0. The average molecular weight is 268 g/mol. The van der Waals surface area contributed by atoms with Gasteiger partial charge in [-0.3, -0.25) is 4.79 Å². The standard InChI is InChI=1S/C18H20O2/c1-5-17(19)20-16-8-6-7-15(11-16)18-13(3)9-12(2)10-14(18)4/h6-11H,5H2,1-4H3. The second-order valence-corrected chi connectivity index (χ2v) is 5.13. The van der Waals surface area contributed by atoms with E-state index in [-0.39, 0.29) is 5.97 Å². The summed E-state index contributed by atoms with van der Waals surface area (Å²) in [6.07, 6.45) is 0.382. The topological polar surface area (TPSA) is 26.3 Å². The lowest BCUT2D eigenvalue weighted by molar-refractivity contribution is -0.134. The van der Waals surface area contributed by atoms with Gasteiger partial charge in [0.1, 0.15) is 5.75 Å². The number of aryl methyl sites for hydroxylation is 3. The molecule has 2 heteroatoms. The summed E-state index contributed by atoms with van der Waals surface area (Å²) in [6.45, 7) is 8.11. The van der Waals surface area contributed by atoms with Crippen LogP contribution in [0.4, 0.5) is 0 Å². The molecule has 2 aromatic rings. The molecule has 20 heavy (non-hydrogen) atoms. The fourth-order valence-electron chi connectivity index (χ4n) is 2.55. The van der Waals surface area contributed by atoms with E-state index >= 15 is 0 Å². The molecule has 0 aliphatic carbocycles. The van der Waals surface area contributed by atoms with Crippen LogP contribution in [0.25, 0.3) is 11.1 Å². The number of hydrogen-bond acceptors (Lipinski definition) is 2. The Hall–Kier alpha value is -2.09. The van der Waals surface area contributed by atoms with Crippen molar-refractivity contribution in [2.45, 2.75) is 34.1 Å². The highest BCUT2D eigenvalue weighted by atomic mass is 16.5. The van der Waals surface area contributed by atoms with Crippen LogP contribution < -0.4 is 4.74 Å². The van der Waals surface area contributed by atoms with Crippen molar-refractivity contribution in [1.82, 2.24) is 0 Å². The van der Waals surface area contributed by atoms with E-state index in [9.17, 15) is 4.79 Å². The number of carbonyl (C=O) groups is 1.